The molecule has 0 spiro atoms. The van der Waals surface area contributed by atoms with Crippen LogP contribution < -0.4 is 5.32 Å². The molecule has 0 aromatic carbocycles. The summed E-state index contributed by atoms with van der Waals surface area (Å²) in [5, 5.41) is 54.1. The molecule has 58 heavy (non-hydrogen) atoms. The largest absolute Gasteiger partial charge is 0.394 e. The molecular weight excluding hydrogens is 731 g/mol. The first-order valence-corrected chi connectivity index (χ1v) is 23.9. The molecule has 0 aliphatic carbocycles. The molecule has 9 heteroatoms. The highest BCUT2D eigenvalue weighted by atomic mass is 16.7. The molecule has 7 atom stereocenters. The molecule has 1 amide bonds. The molecule has 1 aliphatic rings. The highest BCUT2D eigenvalue weighted by Gasteiger charge is 2.44. The van der Waals surface area contributed by atoms with E-state index in [0.717, 1.165) is 70.6 Å². The number of hydrogen-bond acceptors (Lipinski definition) is 8. The number of hydrogen-bond donors (Lipinski definition) is 6. The van der Waals surface area contributed by atoms with Gasteiger partial charge in [-0.05, 0) is 70.6 Å². The van der Waals surface area contributed by atoms with E-state index in [1.165, 1.54) is 109 Å². The summed E-state index contributed by atoms with van der Waals surface area (Å²) in [6.45, 7) is 3.71. The zero-order chi connectivity index (χ0) is 42.3. The Morgan fingerprint density at radius 2 is 0.983 bits per heavy atom. The Balaban J connectivity index is 2.35. The first-order chi connectivity index (χ1) is 28.3. The van der Waals surface area contributed by atoms with Gasteiger partial charge in [-0.2, -0.15) is 0 Å². The van der Waals surface area contributed by atoms with E-state index in [-0.39, 0.29) is 12.5 Å². The van der Waals surface area contributed by atoms with Crippen molar-refractivity contribution in [1.29, 1.82) is 0 Å². The van der Waals surface area contributed by atoms with Gasteiger partial charge in [0.1, 0.15) is 24.4 Å². The van der Waals surface area contributed by atoms with Crippen molar-refractivity contribution in [1.82, 2.24) is 5.32 Å². The van der Waals surface area contributed by atoms with E-state index in [0.29, 0.717) is 6.42 Å². The first kappa shape index (κ1) is 54.2. The van der Waals surface area contributed by atoms with Crippen LogP contribution in [0.4, 0.5) is 0 Å². The molecule has 338 valence electrons. The van der Waals surface area contributed by atoms with Crippen LogP contribution in [0, 0.1) is 0 Å². The van der Waals surface area contributed by atoms with Crippen LogP contribution in [-0.2, 0) is 14.3 Å². The normalized spacial score (nSPS) is 21.3. The maximum atomic E-state index is 12.9. The summed E-state index contributed by atoms with van der Waals surface area (Å²) in [5.74, 6) is -0.203. The Hall–Kier alpha value is -1.85. The predicted molar refractivity (Wildman–Crippen MR) is 239 cm³/mol. The van der Waals surface area contributed by atoms with E-state index in [1.807, 2.05) is 6.08 Å². The van der Waals surface area contributed by atoms with Crippen LogP contribution in [0.3, 0.4) is 0 Å². The summed E-state index contributed by atoms with van der Waals surface area (Å²) in [7, 11) is 0. The first-order valence-electron chi connectivity index (χ1n) is 23.9. The average Bonchev–Trinajstić information content (AvgIpc) is 3.22. The Bertz CT molecular complexity index is 1050. The minimum atomic E-state index is -1.58. The zero-order valence-corrected chi connectivity index (χ0v) is 37.0. The number of ether oxygens (including phenoxy) is 2. The van der Waals surface area contributed by atoms with Crippen LogP contribution in [0.15, 0.2) is 48.6 Å². The van der Waals surface area contributed by atoms with Crippen LogP contribution in [0.25, 0.3) is 0 Å². The maximum absolute atomic E-state index is 12.9. The Morgan fingerprint density at radius 3 is 1.48 bits per heavy atom. The maximum Gasteiger partial charge on any atom is 0.220 e. The number of amides is 1. The van der Waals surface area contributed by atoms with Gasteiger partial charge in [-0.25, -0.2) is 0 Å². The van der Waals surface area contributed by atoms with E-state index in [9.17, 15) is 30.3 Å². The molecule has 0 aromatic heterocycles. The van der Waals surface area contributed by atoms with E-state index in [1.54, 1.807) is 6.08 Å². The van der Waals surface area contributed by atoms with Gasteiger partial charge in [-0.3, -0.25) is 4.79 Å². The van der Waals surface area contributed by atoms with Gasteiger partial charge in [0, 0.05) is 6.42 Å². The lowest BCUT2D eigenvalue weighted by Crippen LogP contribution is -2.60. The van der Waals surface area contributed by atoms with Gasteiger partial charge < -0.3 is 40.3 Å². The van der Waals surface area contributed by atoms with E-state index < -0.39 is 49.5 Å². The fourth-order valence-electron chi connectivity index (χ4n) is 7.24. The lowest BCUT2D eigenvalue weighted by Gasteiger charge is -2.40. The second-order valence-corrected chi connectivity index (χ2v) is 16.5. The molecule has 1 saturated heterocycles. The monoisotopic (exact) mass is 820 g/mol. The molecular formula is C49H89NO8. The molecule has 1 rings (SSSR count). The second-order valence-electron chi connectivity index (χ2n) is 16.5. The zero-order valence-electron chi connectivity index (χ0n) is 37.0. The molecule has 9 nitrogen and oxygen atoms in total. The summed E-state index contributed by atoms with van der Waals surface area (Å²) in [6.07, 6.45) is 43.1. The minimum Gasteiger partial charge on any atom is -0.394 e. The summed E-state index contributed by atoms with van der Waals surface area (Å²) in [6, 6.07) is -0.831. The van der Waals surface area contributed by atoms with Crippen molar-refractivity contribution in [2.75, 3.05) is 13.2 Å². The lowest BCUT2D eigenvalue weighted by atomic mass is 9.99. The third-order valence-corrected chi connectivity index (χ3v) is 11.1. The molecule has 0 saturated carbocycles. The highest BCUT2D eigenvalue weighted by Crippen LogP contribution is 2.22. The van der Waals surface area contributed by atoms with Crippen molar-refractivity contribution < 1.29 is 39.8 Å². The standard InChI is InChI=1S/C49H89NO8/c1-3-5-7-9-11-13-15-17-18-19-20-21-22-23-24-25-26-27-28-30-32-34-36-38-43(52)42(41-57-49-48(56)47(55)46(54)44(40-51)58-49)50-45(53)39-37-35-33-31-29-16-14-12-10-8-6-4-2/h12,14,24-25,28,30,36,38,42-44,46-49,51-52,54-56H,3-11,13,15-23,26-27,29,31-35,37,39-41H2,1-2H3,(H,50,53)/b14-12-,25-24+,30-28+,38-36+. The van der Waals surface area contributed by atoms with Crippen LogP contribution in [-0.4, -0.2) is 87.5 Å². The lowest BCUT2D eigenvalue weighted by molar-refractivity contribution is -0.302. The van der Waals surface area contributed by atoms with E-state index in [2.05, 4.69) is 55.6 Å². The van der Waals surface area contributed by atoms with Crippen molar-refractivity contribution in [2.24, 2.45) is 0 Å². The number of rotatable bonds is 39. The number of nitrogens with one attached hydrogen (secondary N) is 1. The van der Waals surface area contributed by atoms with Crippen LogP contribution >= 0.6 is 0 Å². The number of aliphatic hydroxyl groups excluding tert-OH is 5. The topological polar surface area (TPSA) is 149 Å². The summed E-state index contributed by atoms with van der Waals surface area (Å²) >= 11 is 0. The molecule has 7 unspecified atom stereocenters. The highest BCUT2D eigenvalue weighted by molar-refractivity contribution is 5.76. The third kappa shape index (κ3) is 29.4. The number of aliphatic hydroxyl groups is 5. The Morgan fingerprint density at radius 1 is 0.569 bits per heavy atom. The van der Waals surface area contributed by atoms with Gasteiger partial charge in [0.25, 0.3) is 0 Å². The van der Waals surface area contributed by atoms with Gasteiger partial charge in [-0.15, -0.1) is 0 Å². The van der Waals surface area contributed by atoms with Gasteiger partial charge >= 0.3 is 0 Å². The van der Waals surface area contributed by atoms with Crippen molar-refractivity contribution >= 4 is 5.91 Å². The fourth-order valence-corrected chi connectivity index (χ4v) is 7.24. The van der Waals surface area contributed by atoms with Gasteiger partial charge in [0.2, 0.25) is 5.91 Å². The van der Waals surface area contributed by atoms with Crippen LogP contribution in [0.5, 0.6) is 0 Å². The van der Waals surface area contributed by atoms with Crippen molar-refractivity contribution in [3.05, 3.63) is 48.6 Å². The SMILES string of the molecule is CCCCC/C=C\CCCCCCCC(=O)NC(COC1OC(CO)C(O)C(O)C1O)C(O)/C=C/CC/C=C/CC/C=C/CCCCCCCCCCCCCCC. The molecule has 0 aromatic rings. The van der Waals surface area contributed by atoms with Crippen molar-refractivity contribution in [3.8, 4) is 0 Å². The third-order valence-electron chi connectivity index (χ3n) is 11.1. The summed E-state index contributed by atoms with van der Waals surface area (Å²) < 4.78 is 11.2. The number of unbranched alkanes of at least 4 members (excludes halogenated alkanes) is 23. The summed E-state index contributed by atoms with van der Waals surface area (Å²) in [4.78, 5) is 12.9. The average molecular weight is 820 g/mol. The van der Waals surface area contributed by atoms with Gasteiger partial charge in [0.05, 0.1) is 25.4 Å². The number of allylic oxidation sites excluding steroid dienone is 7. The quantitative estimate of drug-likeness (QED) is 0.0265. The van der Waals surface area contributed by atoms with Crippen molar-refractivity contribution in [2.45, 2.75) is 243 Å². The second kappa shape index (κ2) is 39.3. The molecule has 0 radical (unpaired) electrons. The van der Waals surface area contributed by atoms with Gasteiger partial charge in [0.15, 0.2) is 6.29 Å². The number of carbonyl (C=O) groups is 1. The molecule has 6 N–H and O–H groups in total. The van der Waals surface area contributed by atoms with Crippen LogP contribution in [0.1, 0.15) is 200 Å². The minimum absolute atomic E-state index is 0.203. The van der Waals surface area contributed by atoms with E-state index in [4.69, 9.17) is 9.47 Å². The van der Waals surface area contributed by atoms with Crippen molar-refractivity contribution in [3.63, 3.8) is 0 Å². The predicted octanol–water partition coefficient (Wildman–Crippen LogP) is 10.2. The molecule has 1 aliphatic heterocycles. The molecule has 0 bridgehead atoms. The fraction of sp³-hybridized carbons (Fsp3) is 0.816. The van der Waals surface area contributed by atoms with Crippen LogP contribution in [0.2, 0.25) is 0 Å². The smallest absolute Gasteiger partial charge is 0.220 e. The molecule has 1 heterocycles. The Kier molecular flexibility index (Phi) is 36.7. The summed E-state index contributed by atoms with van der Waals surface area (Å²) in [5.41, 5.74) is 0. The number of carbonyl (C=O) groups excluding carboxylic acids is 1. The molecule has 1 fully saturated rings. The van der Waals surface area contributed by atoms with Gasteiger partial charge in [-0.1, -0.05) is 172 Å². The Labute approximate surface area is 354 Å². The van der Waals surface area contributed by atoms with E-state index >= 15 is 0 Å².